The summed E-state index contributed by atoms with van der Waals surface area (Å²) in [6.07, 6.45) is 4.88. The van der Waals surface area contributed by atoms with E-state index in [9.17, 15) is 22.8 Å². The van der Waals surface area contributed by atoms with Gasteiger partial charge in [-0.25, -0.2) is 14.2 Å². The number of methoxy groups -OCH3 is 3. The van der Waals surface area contributed by atoms with E-state index in [1.165, 1.54) is 19.1 Å². The lowest BCUT2D eigenvalue weighted by Crippen LogP contribution is -2.49. The lowest BCUT2D eigenvalue weighted by Gasteiger charge is -2.36. The number of ether oxygens (including phenoxy) is 4. The number of aromatic nitrogens is 1. The van der Waals surface area contributed by atoms with Gasteiger partial charge in [0.1, 0.15) is 12.1 Å². The number of pyridine rings is 1. The molecule has 2 aromatic rings. The highest BCUT2D eigenvalue weighted by Gasteiger charge is 2.38. The van der Waals surface area contributed by atoms with Crippen LogP contribution in [0.25, 0.3) is 0 Å². The van der Waals surface area contributed by atoms with E-state index in [4.69, 9.17) is 18.9 Å². The lowest BCUT2D eigenvalue weighted by atomic mass is 9.87. The van der Waals surface area contributed by atoms with Gasteiger partial charge in [0, 0.05) is 49.7 Å². The first-order valence-corrected chi connectivity index (χ1v) is 16.2. The Balaban J connectivity index is 0.00000425. The number of benzene rings is 1. The zero-order valence-electron chi connectivity index (χ0n) is 29.4. The third-order valence-electron chi connectivity index (χ3n) is 7.47. The zero-order chi connectivity index (χ0) is 37.3. The first kappa shape index (κ1) is 41.6. The Morgan fingerprint density at radius 1 is 1.10 bits per heavy atom. The van der Waals surface area contributed by atoms with Crippen molar-refractivity contribution in [3.8, 4) is 23.5 Å². The van der Waals surface area contributed by atoms with E-state index in [0.29, 0.717) is 18.6 Å². The molecular weight excluding hydrogens is 658 g/mol. The molecule has 1 aliphatic rings. The number of hydrogen-bond acceptors (Lipinski definition) is 8. The Morgan fingerprint density at radius 3 is 2.34 bits per heavy atom. The fourth-order valence-electron chi connectivity index (χ4n) is 5.19. The van der Waals surface area contributed by atoms with Gasteiger partial charge < -0.3 is 23.8 Å². The minimum absolute atomic E-state index is 0.0147. The molecule has 272 valence electrons. The number of alkyl halides is 3. The standard InChI is InChI=1S/C35H39F4N3O6.C2H6/c1-6-7-12-23(2)40-16-11-13-24-17-28(35(37,38)39)32(41-20-24)48-31-18-27(34(44)47-5)30(19-29(31)36)42(26(21-45-3)22-46-4)33(43)25-14-9-8-10-15-25;1-2/h6-7,12,17-20,25-26H,1,8-10,14-16,21-22H2,2-5H3;1-2H3/b12-7-,40-23?;. The summed E-state index contributed by atoms with van der Waals surface area (Å²) in [7, 11) is 3.93. The molecule has 1 amide bonds. The topological polar surface area (TPSA) is 99.6 Å². The van der Waals surface area contributed by atoms with Crippen LogP contribution in [0.15, 0.2) is 54.2 Å². The number of nitrogens with zero attached hydrogens (tertiary/aromatic N) is 3. The Bertz CT molecular complexity index is 1570. The van der Waals surface area contributed by atoms with Crippen LogP contribution in [0.5, 0.6) is 11.6 Å². The van der Waals surface area contributed by atoms with Gasteiger partial charge in [-0.05, 0) is 31.9 Å². The summed E-state index contributed by atoms with van der Waals surface area (Å²) >= 11 is 0. The largest absolute Gasteiger partial charge is 0.465 e. The molecule has 1 aromatic heterocycles. The molecule has 9 nitrogen and oxygen atoms in total. The highest BCUT2D eigenvalue weighted by atomic mass is 19.4. The maximum absolute atomic E-state index is 15.8. The van der Waals surface area contributed by atoms with Crippen LogP contribution in [0.3, 0.4) is 0 Å². The predicted octanol–water partition coefficient (Wildman–Crippen LogP) is 7.97. The van der Waals surface area contributed by atoms with Crippen molar-refractivity contribution in [2.75, 3.05) is 46.0 Å². The maximum Gasteiger partial charge on any atom is 0.421 e. The minimum Gasteiger partial charge on any atom is -0.465 e. The third-order valence-corrected chi connectivity index (χ3v) is 7.47. The molecule has 0 aliphatic heterocycles. The SMILES string of the molecule is C=C/C=C\C(C)=NCC#Cc1cnc(Oc2cc(C(=O)OC)c(N(C(=O)C3CCCCC3)C(COC)COC)cc2F)c(C(F)(F)F)c1.CC. The fourth-order valence-corrected chi connectivity index (χ4v) is 5.19. The van der Waals surface area contributed by atoms with Crippen LogP contribution < -0.4 is 9.64 Å². The van der Waals surface area contributed by atoms with E-state index in [1.807, 2.05) is 13.8 Å². The van der Waals surface area contributed by atoms with Crippen molar-refractivity contribution in [1.82, 2.24) is 4.98 Å². The smallest absolute Gasteiger partial charge is 0.421 e. The molecule has 1 aromatic carbocycles. The summed E-state index contributed by atoms with van der Waals surface area (Å²) in [5.41, 5.74) is -1.22. The van der Waals surface area contributed by atoms with Gasteiger partial charge in [-0.2, -0.15) is 13.2 Å². The number of aliphatic imine (C=N–C) groups is 1. The average Bonchev–Trinajstić information content (AvgIpc) is 3.11. The molecule has 0 unspecified atom stereocenters. The van der Waals surface area contributed by atoms with Crippen molar-refractivity contribution in [1.29, 1.82) is 0 Å². The van der Waals surface area contributed by atoms with E-state index in [2.05, 4.69) is 28.4 Å². The molecule has 13 heteroatoms. The number of carbonyl (C=O) groups is 2. The molecule has 1 heterocycles. The predicted molar refractivity (Wildman–Crippen MR) is 184 cm³/mol. The van der Waals surface area contributed by atoms with Gasteiger partial charge in [0.15, 0.2) is 11.6 Å². The van der Waals surface area contributed by atoms with Gasteiger partial charge in [0.2, 0.25) is 11.8 Å². The molecule has 0 radical (unpaired) electrons. The van der Waals surface area contributed by atoms with Crippen molar-refractivity contribution < 1.29 is 46.1 Å². The molecule has 0 bridgehead atoms. The Labute approximate surface area is 291 Å². The minimum atomic E-state index is -4.96. The summed E-state index contributed by atoms with van der Waals surface area (Å²) < 4.78 is 79.1. The second-order valence-corrected chi connectivity index (χ2v) is 10.9. The molecule has 0 spiro atoms. The van der Waals surface area contributed by atoms with Gasteiger partial charge in [0.05, 0.1) is 37.6 Å². The summed E-state index contributed by atoms with van der Waals surface area (Å²) in [6.45, 7) is 9.29. The third kappa shape index (κ3) is 11.8. The second kappa shape index (κ2) is 20.9. The number of rotatable bonds is 13. The quantitative estimate of drug-likeness (QED) is 0.0686. The molecule has 50 heavy (non-hydrogen) atoms. The number of allylic oxidation sites excluding steroid dienone is 3. The number of halogens is 4. The molecule has 3 rings (SSSR count). The Hall–Kier alpha value is -4.54. The normalized spacial score (nSPS) is 13.6. The van der Waals surface area contributed by atoms with Crippen LogP contribution in [0.4, 0.5) is 23.2 Å². The summed E-state index contributed by atoms with van der Waals surface area (Å²) in [5.74, 6) is 0.648. The number of amides is 1. The summed E-state index contributed by atoms with van der Waals surface area (Å²) in [6, 6.07) is 1.71. The number of anilines is 1. The highest BCUT2D eigenvalue weighted by Crippen LogP contribution is 2.40. The number of hydrogen-bond donors (Lipinski definition) is 0. The van der Waals surface area contributed by atoms with Crippen LogP contribution >= 0.6 is 0 Å². The second-order valence-electron chi connectivity index (χ2n) is 10.9. The average molecular weight is 704 g/mol. The van der Waals surface area contributed by atoms with Crippen molar-refractivity contribution in [2.45, 2.75) is 65.1 Å². The van der Waals surface area contributed by atoms with Crippen LogP contribution in [0, 0.1) is 23.6 Å². The zero-order valence-corrected chi connectivity index (χ0v) is 29.4. The van der Waals surface area contributed by atoms with Gasteiger partial charge in [0.25, 0.3) is 0 Å². The monoisotopic (exact) mass is 703 g/mol. The molecule has 0 saturated heterocycles. The molecule has 0 atom stereocenters. The Morgan fingerprint density at radius 2 is 1.76 bits per heavy atom. The van der Waals surface area contributed by atoms with Gasteiger partial charge in [-0.1, -0.05) is 63.7 Å². The highest BCUT2D eigenvalue weighted by molar-refractivity contribution is 6.04. The van der Waals surface area contributed by atoms with Crippen molar-refractivity contribution in [3.63, 3.8) is 0 Å². The number of esters is 1. The molecular formula is C37H45F4N3O6. The lowest BCUT2D eigenvalue weighted by molar-refractivity contribution is -0.139. The van der Waals surface area contributed by atoms with Crippen molar-refractivity contribution in [3.05, 3.63) is 71.7 Å². The Kier molecular flexibility index (Phi) is 17.4. The van der Waals surface area contributed by atoms with E-state index in [-0.39, 0.29) is 42.5 Å². The van der Waals surface area contributed by atoms with E-state index in [0.717, 1.165) is 50.8 Å². The van der Waals surface area contributed by atoms with Crippen LogP contribution in [-0.4, -0.2) is 69.7 Å². The van der Waals surface area contributed by atoms with Crippen LogP contribution in [-0.2, 0) is 25.2 Å². The summed E-state index contributed by atoms with van der Waals surface area (Å²) in [5, 5.41) is 0. The first-order chi connectivity index (χ1) is 23.9. The van der Waals surface area contributed by atoms with Gasteiger partial charge in [-0.3, -0.25) is 9.79 Å². The van der Waals surface area contributed by atoms with Crippen LogP contribution in [0.2, 0.25) is 0 Å². The molecule has 1 aliphatic carbocycles. The van der Waals surface area contributed by atoms with Crippen molar-refractivity contribution in [2.24, 2.45) is 10.9 Å². The molecule has 1 saturated carbocycles. The first-order valence-electron chi connectivity index (χ1n) is 16.2. The van der Waals surface area contributed by atoms with Gasteiger partial charge in [-0.15, -0.1) is 0 Å². The maximum atomic E-state index is 15.8. The fraction of sp³-hybridized carbons (Fsp3) is 0.459. The number of carbonyl (C=O) groups excluding carboxylic acids is 2. The molecule has 0 N–H and O–H groups in total. The summed E-state index contributed by atoms with van der Waals surface area (Å²) in [4.78, 5) is 36.2. The van der Waals surface area contributed by atoms with E-state index in [1.54, 1.807) is 25.2 Å². The van der Waals surface area contributed by atoms with Crippen LogP contribution in [0.1, 0.15) is 74.4 Å². The van der Waals surface area contributed by atoms with E-state index >= 15 is 4.39 Å². The van der Waals surface area contributed by atoms with E-state index < -0.39 is 47.1 Å². The van der Waals surface area contributed by atoms with Gasteiger partial charge >= 0.3 is 12.1 Å². The molecule has 1 fully saturated rings. The van der Waals surface area contributed by atoms with Crippen molar-refractivity contribution >= 4 is 23.3 Å².